The van der Waals surface area contributed by atoms with E-state index < -0.39 is 57.3 Å². The predicted molar refractivity (Wildman–Crippen MR) is 237 cm³/mol. The third kappa shape index (κ3) is 8.46. The first kappa shape index (κ1) is 44.4. The summed E-state index contributed by atoms with van der Waals surface area (Å²) in [5.74, 6) is -0.116. The molecule has 3 fully saturated rings. The van der Waals surface area contributed by atoms with E-state index in [4.69, 9.17) is 40.3 Å². The van der Waals surface area contributed by atoms with Crippen LogP contribution in [0.15, 0.2) is 90.1 Å². The third-order valence-corrected chi connectivity index (χ3v) is 12.6. The third-order valence-electron chi connectivity index (χ3n) is 12.2. The molecule has 3 aromatic carbocycles. The zero-order chi connectivity index (χ0) is 46.5. The van der Waals surface area contributed by atoms with Crippen molar-refractivity contribution in [3.63, 3.8) is 0 Å². The largest absolute Gasteiger partial charge is 0.497 e. The second-order valence-corrected chi connectivity index (χ2v) is 16.9. The summed E-state index contributed by atoms with van der Waals surface area (Å²) >= 11 is 7.17. The van der Waals surface area contributed by atoms with Gasteiger partial charge in [-0.05, 0) is 85.7 Å². The van der Waals surface area contributed by atoms with Crippen molar-refractivity contribution in [2.75, 3.05) is 49.6 Å². The van der Waals surface area contributed by atoms with Gasteiger partial charge in [0.1, 0.15) is 47.8 Å². The van der Waals surface area contributed by atoms with Crippen molar-refractivity contribution >= 4 is 40.9 Å². The van der Waals surface area contributed by atoms with Crippen LogP contribution in [0.1, 0.15) is 59.2 Å². The van der Waals surface area contributed by atoms with Crippen LogP contribution < -0.4 is 29.7 Å². The second kappa shape index (κ2) is 17.5. The van der Waals surface area contributed by atoms with Crippen molar-refractivity contribution in [3.8, 4) is 28.5 Å². The number of benzene rings is 3. The smallest absolute Gasteiger partial charge is 0.418 e. The van der Waals surface area contributed by atoms with Crippen LogP contribution in [0, 0.1) is 18.7 Å². The van der Waals surface area contributed by atoms with E-state index in [2.05, 4.69) is 20.6 Å². The highest BCUT2D eigenvalue weighted by Gasteiger charge is 2.53. The molecule has 2 bridgehead atoms. The van der Waals surface area contributed by atoms with Crippen LogP contribution in [-0.4, -0.2) is 71.6 Å². The van der Waals surface area contributed by atoms with Crippen LogP contribution >= 0.6 is 11.6 Å². The molecule has 1 aliphatic carbocycles. The van der Waals surface area contributed by atoms with Crippen LogP contribution in [0.5, 0.6) is 17.2 Å². The standard InChI is InChI=1S/C47H44ClF4N7O7/c1-25-16-33(58(19-27-7-11-30(62-3)12-8-27)20-28-9-13-31(63-4)14-10-28)56-40(37(25)47(50,51)52)35-38(48)41-36-42(39(35)49)66-34(64-23-46-17-29(18-46)22-65-46)21-59(44(36)55-24-54-41)26(2)32-6-5-15-53-43(32)57-45(60)61/h5-16,21,26,29,54H,17-20,22-24H2,1-4H3,(H,53,57)(H,60,61). The maximum Gasteiger partial charge on any atom is 0.418 e. The Hall–Kier alpha value is -6.79. The van der Waals surface area contributed by atoms with Crippen LogP contribution in [0.4, 0.5) is 39.7 Å². The number of nitrogens with zero attached hydrogens (tertiary/aromatic N) is 5. The van der Waals surface area contributed by atoms with Crippen molar-refractivity contribution in [2.24, 2.45) is 10.9 Å². The first-order chi connectivity index (χ1) is 31.6. The molecule has 5 aromatic rings. The van der Waals surface area contributed by atoms with E-state index >= 15 is 17.6 Å². The lowest BCUT2D eigenvalue weighted by molar-refractivity contribution is -0.137. The van der Waals surface area contributed by atoms with E-state index in [0.717, 1.165) is 24.0 Å². The number of aliphatic imine (C=N–C) groups is 1. The normalized spacial score (nSPS) is 18.6. The molecule has 3 N–H and O–H groups in total. The number of rotatable bonds is 14. The molecular weight excluding hydrogens is 886 g/mol. The second-order valence-electron chi connectivity index (χ2n) is 16.5. The number of amides is 1. The average Bonchev–Trinajstić information content (AvgIpc) is 3.85. The number of anilines is 3. The molecule has 14 nitrogen and oxygen atoms in total. The zero-order valence-electron chi connectivity index (χ0n) is 36.1. The van der Waals surface area contributed by atoms with Crippen LogP contribution in [0.3, 0.4) is 0 Å². The molecule has 0 spiro atoms. The minimum absolute atomic E-state index is 0.00750. The quantitative estimate of drug-likeness (QED) is 0.0909. The van der Waals surface area contributed by atoms with Gasteiger partial charge >= 0.3 is 18.2 Å². The summed E-state index contributed by atoms with van der Waals surface area (Å²) < 4.78 is 93.7. The van der Waals surface area contributed by atoms with Gasteiger partial charge in [-0.25, -0.2) is 24.1 Å². The lowest BCUT2D eigenvalue weighted by Gasteiger charge is -2.35. The Balaban J connectivity index is 1.20. The first-order valence-corrected chi connectivity index (χ1v) is 21.4. The molecule has 1 saturated carbocycles. The summed E-state index contributed by atoms with van der Waals surface area (Å²) in [5, 5.41) is 14.6. The molecular formula is C47H44ClF4N7O7. The Labute approximate surface area is 381 Å². The number of carboxylic acid groups (broad SMARTS) is 1. The Morgan fingerprint density at radius 1 is 1.06 bits per heavy atom. The molecule has 2 aromatic heterocycles. The molecule has 0 radical (unpaired) electrons. The van der Waals surface area contributed by atoms with Crippen LogP contribution in [0.25, 0.3) is 11.3 Å². The summed E-state index contributed by atoms with van der Waals surface area (Å²) in [5.41, 5.74) is -1.41. The maximum absolute atomic E-state index is 18.0. The van der Waals surface area contributed by atoms with Gasteiger partial charge in [-0.2, -0.15) is 13.2 Å². The van der Waals surface area contributed by atoms with Gasteiger partial charge in [-0.3, -0.25) is 5.32 Å². The summed E-state index contributed by atoms with van der Waals surface area (Å²) in [4.78, 5) is 28.8. The van der Waals surface area contributed by atoms with Gasteiger partial charge in [0.25, 0.3) is 0 Å². The highest BCUT2D eigenvalue weighted by Crippen LogP contribution is 2.52. The van der Waals surface area contributed by atoms with Crippen molar-refractivity contribution in [1.29, 1.82) is 0 Å². The summed E-state index contributed by atoms with van der Waals surface area (Å²) in [7, 11) is 3.09. The first-order valence-electron chi connectivity index (χ1n) is 21.0. The fourth-order valence-corrected chi connectivity index (χ4v) is 9.30. The van der Waals surface area contributed by atoms with Crippen molar-refractivity contribution in [2.45, 2.75) is 57.6 Å². The van der Waals surface area contributed by atoms with Gasteiger partial charge in [-0.15, -0.1) is 0 Å². The summed E-state index contributed by atoms with van der Waals surface area (Å²) in [6, 6.07) is 18.3. The highest BCUT2D eigenvalue weighted by atomic mass is 35.5. The fourth-order valence-electron chi connectivity index (χ4n) is 8.97. The number of alkyl halides is 3. The molecule has 4 aliphatic heterocycles. The number of aryl methyl sites for hydroxylation is 1. The van der Waals surface area contributed by atoms with Gasteiger partial charge in [0.2, 0.25) is 0 Å². The number of pyridine rings is 2. The van der Waals surface area contributed by atoms with Crippen molar-refractivity contribution < 1.29 is 51.1 Å². The predicted octanol–water partition coefficient (Wildman–Crippen LogP) is 10.2. The topological polar surface area (TPSA) is 152 Å². The van der Waals surface area contributed by atoms with E-state index in [-0.39, 0.29) is 66.6 Å². The Morgan fingerprint density at radius 3 is 2.32 bits per heavy atom. The number of carbonyl (C=O) groups is 1. The summed E-state index contributed by atoms with van der Waals surface area (Å²) in [6.45, 7) is 3.89. The minimum Gasteiger partial charge on any atom is -0.497 e. The minimum atomic E-state index is -5.02. The maximum atomic E-state index is 18.0. The highest BCUT2D eigenvalue weighted by molar-refractivity contribution is 6.37. The van der Waals surface area contributed by atoms with E-state index in [1.54, 1.807) is 67.3 Å². The van der Waals surface area contributed by atoms with Gasteiger partial charge in [0, 0.05) is 24.8 Å². The summed E-state index contributed by atoms with van der Waals surface area (Å²) in [6.07, 6.45) is -1.99. The van der Waals surface area contributed by atoms with Gasteiger partial charge < -0.3 is 43.9 Å². The Kier molecular flexibility index (Phi) is 11.8. The molecule has 344 valence electrons. The van der Waals surface area contributed by atoms with E-state index in [1.807, 2.05) is 24.3 Å². The van der Waals surface area contributed by atoms with Gasteiger partial charge in [0.15, 0.2) is 11.6 Å². The van der Waals surface area contributed by atoms with Gasteiger partial charge in [-0.1, -0.05) is 41.9 Å². The number of fused-ring (bicyclic) bond motifs is 1. The van der Waals surface area contributed by atoms with Crippen molar-refractivity contribution in [3.05, 3.63) is 129 Å². The number of methoxy groups -OCH3 is 2. The molecule has 10 rings (SSSR count). The number of amidine groups is 1. The SMILES string of the molecule is COc1ccc(CN(Cc2ccc(OC)cc2)c2cc(C)c(C(F)(F)F)c(-c3c(F)c4c5c(c3Cl)NCN=C5N(C(C)c3cccnc3NC(=O)O)C=C(OCC35CC(CO3)C5)O4)n2)cc1. The number of halogens is 5. The monoisotopic (exact) mass is 929 g/mol. The van der Waals surface area contributed by atoms with Gasteiger partial charge in [0.05, 0.1) is 66.2 Å². The molecule has 2 saturated heterocycles. The van der Waals surface area contributed by atoms with Crippen molar-refractivity contribution in [1.82, 2.24) is 14.9 Å². The molecule has 5 aliphatic rings. The molecule has 19 heteroatoms. The number of aromatic nitrogens is 2. The van der Waals surface area contributed by atoms with E-state index in [9.17, 15) is 9.90 Å². The molecule has 1 amide bonds. The number of hydrogen-bond acceptors (Lipinski definition) is 12. The lowest BCUT2D eigenvalue weighted by atomic mass is 9.75. The average molecular weight is 930 g/mol. The number of nitrogens with one attached hydrogen (secondary N) is 2. The number of ether oxygens (including phenoxy) is 5. The molecule has 1 atom stereocenters. The molecule has 1 unspecified atom stereocenters. The van der Waals surface area contributed by atoms with Crippen LogP contribution in [0.2, 0.25) is 5.02 Å². The zero-order valence-corrected chi connectivity index (χ0v) is 36.9. The molecule has 6 heterocycles. The van der Waals surface area contributed by atoms with Crippen LogP contribution in [-0.2, 0) is 28.7 Å². The van der Waals surface area contributed by atoms with E-state index in [1.165, 1.54) is 25.4 Å². The number of hydrogen-bond donors (Lipinski definition) is 3. The Morgan fingerprint density at radius 2 is 1.73 bits per heavy atom. The van der Waals surface area contributed by atoms with E-state index in [0.29, 0.717) is 29.6 Å². The Bertz CT molecular complexity index is 2690. The lowest BCUT2D eigenvalue weighted by Crippen LogP contribution is -2.41. The molecule has 66 heavy (non-hydrogen) atoms. The fraction of sp³-hybridized carbons (Fsp3) is 0.319.